The second kappa shape index (κ2) is 8.18. The fourth-order valence-electron chi connectivity index (χ4n) is 4.76. The van der Waals surface area contributed by atoms with Crippen molar-refractivity contribution < 1.29 is 9.53 Å². The van der Waals surface area contributed by atoms with Crippen LogP contribution in [0.5, 0.6) is 5.75 Å². The van der Waals surface area contributed by atoms with Gasteiger partial charge in [-0.2, -0.15) is 0 Å². The third kappa shape index (κ3) is 3.40. The first kappa shape index (κ1) is 20.7. The second-order valence-corrected chi connectivity index (χ2v) is 9.48. The van der Waals surface area contributed by atoms with Gasteiger partial charge in [0.25, 0.3) is 5.56 Å². The Hall–Kier alpha value is -3.84. The fraction of sp³-hybridized carbons (Fsp3) is 0.185. The molecule has 2 aromatic heterocycles. The molecule has 0 bridgehead atoms. The summed E-state index contributed by atoms with van der Waals surface area (Å²) in [4.78, 5) is 36.3. The molecule has 2 aliphatic rings. The van der Waals surface area contributed by atoms with Gasteiger partial charge in [-0.1, -0.05) is 35.6 Å². The molecule has 1 aliphatic carbocycles. The first-order valence-corrected chi connectivity index (χ1v) is 12.0. The zero-order valence-electron chi connectivity index (χ0n) is 18.5. The lowest BCUT2D eigenvalue weighted by Gasteiger charge is -2.28. The Morgan fingerprint density at radius 2 is 1.91 bits per heavy atom. The number of ketones is 1. The van der Waals surface area contributed by atoms with Gasteiger partial charge in [0, 0.05) is 29.8 Å². The van der Waals surface area contributed by atoms with Crippen LogP contribution in [0.15, 0.2) is 82.0 Å². The summed E-state index contributed by atoms with van der Waals surface area (Å²) in [6, 6.07) is 15.1. The molecule has 0 saturated heterocycles. The Labute approximate surface area is 199 Å². The maximum atomic E-state index is 13.7. The molecule has 34 heavy (non-hydrogen) atoms. The fourth-order valence-corrected chi connectivity index (χ4v) is 5.78. The lowest BCUT2D eigenvalue weighted by atomic mass is 9.86. The zero-order chi connectivity index (χ0) is 23.2. The number of benzene rings is 2. The normalized spacial score (nSPS) is 18.0. The number of Topliss-reactive ketones (excluding diaryl/α,β-unsaturated/α-hetero) is 1. The maximum absolute atomic E-state index is 13.7. The van der Waals surface area contributed by atoms with Gasteiger partial charge in [0.05, 0.1) is 23.4 Å². The van der Waals surface area contributed by atoms with Crippen molar-refractivity contribution in [3.8, 4) is 5.75 Å². The van der Waals surface area contributed by atoms with Gasteiger partial charge >= 0.3 is 0 Å². The third-order valence-corrected chi connectivity index (χ3v) is 7.40. The molecule has 6 rings (SSSR count). The van der Waals surface area contributed by atoms with Crippen LogP contribution in [-0.2, 0) is 4.79 Å². The number of ether oxygens (including phenoxy) is 1. The topological polar surface area (TPSA) is 73.6 Å². The van der Waals surface area contributed by atoms with Gasteiger partial charge in [0.2, 0.25) is 0 Å². The Kier molecular flexibility index (Phi) is 4.99. The lowest BCUT2D eigenvalue weighted by Crippen LogP contribution is -2.40. The minimum atomic E-state index is -0.479. The van der Waals surface area contributed by atoms with Crippen LogP contribution in [0.25, 0.3) is 16.8 Å². The largest absolute Gasteiger partial charge is 0.497 e. The number of rotatable bonds is 3. The highest BCUT2D eigenvalue weighted by Crippen LogP contribution is 2.36. The van der Waals surface area contributed by atoms with Crippen LogP contribution in [-0.4, -0.2) is 22.4 Å². The second-order valence-electron chi connectivity index (χ2n) is 8.48. The van der Waals surface area contributed by atoms with Crippen LogP contribution < -0.4 is 19.6 Å². The average Bonchev–Trinajstić information content (AvgIpc) is 3.17. The smallest absolute Gasteiger partial charge is 0.271 e. The Bertz CT molecular complexity index is 1660. The summed E-state index contributed by atoms with van der Waals surface area (Å²) in [5.74, 6) is 0.799. The van der Waals surface area contributed by atoms with Crippen LogP contribution in [0.2, 0.25) is 0 Å². The van der Waals surface area contributed by atoms with E-state index in [1.807, 2.05) is 60.8 Å². The van der Waals surface area contributed by atoms with Crippen LogP contribution in [0, 0.1) is 0 Å². The third-order valence-electron chi connectivity index (χ3n) is 6.42. The van der Waals surface area contributed by atoms with Crippen LogP contribution in [0.1, 0.15) is 36.4 Å². The number of carbonyl (C=O) groups is 1. The SMILES string of the molecule is COc1ccc([C@H]2C3=C(CCCC3=O)N=c3s/c(=C/c4ccc5ccncc5c4)c(=O)n32)cc1. The van der Waals surface area contributed by atoms with Gasteiger partial charge in [0.1, 0.15) is 5.75 Å². The first-order chi connectivity index (χ1) is 16.6. The first-order valence-electron chi connectivity index (χ1n) is 11.2. The highest BCUT2D eigenvalue weighted by Gasteiger charge is 2.34. The standard InChI is InChI=1S/C27H21N3O3S/c1-33-20-9-7-18(8-10-20)25-24-21(3-2-4-22(24)31)29-27-30(25)26(32)23(34-27)14-16-5-6-17-11-12-28-15-19(17)13-16/h5-15,25H,2-4H2,1H3/b23-14+/t25-/m0/s1. The predicted molar refractivity (Wildman–Crippen MR) is 132 cm³/mol. The molecule has 1 atom stereocenters. The maximum Gasteiger partial charge on any atom is 0.271 e. The van der Waals surface area contributed by atoms with Gasteiger partial charge in [-0.25, -0.2) is 4.99 Å². The number of thiazole rings is 1. The minimum Gasteiger partial charge on any atom is -0.497 e. The summed E-state index contributed by atoms with van der Waals surface area (Å²) in [5.41, 5.74) is 3.11. The van der Waals surface area contributed by atoms with Crippen molar-refractivity contribution in [3.63, 3.8) is 0 Å². The number of hydrogen-bond donors (Lipinski definition) is 0. The highest BCUT2D eigenvalue weighted by atomic mass is 32.1. The zero-order valence-corrected chi connectivity index (χ0v) is 19.3. The van der Waals surface area contributed by atoms with Crippen molar-refractivity contribution in [3.05, 3.63) is 103 Å². The van der Waals surface area contributed by atoms with E-state index in [0.717, 1.165) is 46.2 Å². The average molecular weight is 468 g/mol. The summed E-state index contributed by atoms with van der Waals surface area (Å²) < 4.78 is 7.58. The molecule has 7 heteroatoms. The number of carbonyl (C=O) groups excluding carboxylic acids is 1. The van der Waals surface area contributed by atoms with Crippen molar-refractivity contribution in [2.45, 2.75) is 25.3 Å². The van der Waals surface area contributed by atoms with Crippen molar-refractivity contribution in [2.24, 2.45) is 4.99 Å². The molecule has 0 spiro atoms. The van der Waals surface area contributed by atoms with E-state index >= 15 is 0 Å². The van der Waals surface area contributed by atoms with E-state index in [0.29, 0.717) is 21.3 Å². The number of aromatic nitrogens is 2. The van der Waals surface area contributed by atoms with E-state index in [-0.39, 0.29) is 11.3 Å². The molecule has 2 aromatic carbocycles. The number of pyridine rings is 1. The number of fused-ring (bicyclic) bond motifs is 2. The molecular formula is C27H21N3O3S. The monoisotopic (exact) mass is 467 g/mol. The molecule has 6 nitrogen and oxygen atoms in total. The molecule has 1 aliphatic heterocycles. The van der Waals surface area contributed by atoms with Gasteiger partial charge in [-0.15, -0.1) is 0 Å². The van der Waals surface area contributed by atoms with E-state index in [4.69, 9.17) is 9.73 Å². The van der Waals surface area contributed by atoms with Crippen molar-refractivity contribution in [1.29, 1.82) is 0 Å². The van der Waals surface area contributed by atoms with Crippen LogP contribution >= 0.6 is 11.3 Å². The number of nitrogens with zero attached hydrogens (tertiary/aromatic N) is 3. The van der Waals surface area contributed by atoms with E-state index in [1.54, 1.807) is 17.9 Å². The molecule has 0 saturated carbocycles. The molecule has 4 aromatic rings. The molecule has 0 unspecified atom stereocenters. The van der Waals surface area contributed by atoms with Crippen molar-refractivity contribution >= 4 is 34.0 Å². The van der Waals surface area contributed by atoms with E-state index in [1.165, 1.54) is 11.3 Å². The molecule has 0 fully saturated rings. The summed E-state index contributed by atoms with van der Waals surface area (Å²) in [7, 11) is 1.62. The molecule has 0 radical (unpaired) electrons. The Balaban J connectivity index is 1.55. The van der Waals surface area contributed by atoms with E-state index in [2.05, 4.69) is 4.98 Å². The number of hydrogen-bond acceptors (Lipinski definition) is 6. The van der Waals surface area contributed by atoms with Gasteiger partial charge < -0.3 is 4.74 Å². The Morgan fingerprint density at radius 3 is 2.74 bits per heavy atom. The van der Waals surface area contributed by atoms with Gasteiger partial charge in [0.15, 0.2) is 10.6 Å². The molecule has 168 valence electrons. The van der Waals surface area contributed by atoms with Crippen LogP contribution in [0.3, 0.4) is 0 Å². The highest BCUT2D eigenvalue weighted by molar-refractivity contribution is 7.07. The van der Waals surface area contributed by atoms with Gasteiger partial charge in [-0.05, 0) is 59.7 Å². The summed E-state index contributed by atoms with van der Waals surface area (Å²) in [6.45, 7) is 0. The molecular weight excluding hydrogens is 446 g/mol. The van der Waals surface area contributed by atoms with Crippen molar-refractivity contribution in [2.75, 3.05) is 7.11 Å². The van der Waals surface area contributed by atoms with E-state index < -0.39 is 6.04 Å². The Morgan fingerprint density at radius 1 is 1.06 bits per heavy atom. The van der Waals surface area contributed by atoms with E-state index in [9.17, 15) is 9.59 Å². The number of allylic oxidation sites excluding steroid dienone is 2. The summed E-state index contributed by atoms with van der Waals surface area (Å²) in [6.07, 6.45) is 7.50. The number of methoxy groups -OCH3 is 1. The summed E-state index contributed by atoms with van der Waals surface area (Å²) in [5, 5.41) is 2.11. The lowest BCUT2D eigenvalue weighted by molar-refractivity contribution is -0.116. The minimum absolute atomic E-state index is 0.0714. The molecule has 0 N–H and O–H groups in total. The van der Waals surface area contributed by atoms with Gasteiger partial charge in [-0.3, -0.25) is 19.1 Å². The predicted octanol–water partition coefficient (Wildman–Crippen LogP) is 3.53. The summed E-state index contributed by atoms with van der Waals surface area (Å²) >= 11 is 1.37. The van der Waals surface area contributed by atoms with Crippen LogP contribution in [0.4, 0.5) is 0 Å². The molecule has 3 heterocycles. The quantitative estimate of drug-likeness (QED) is 0.462. The van der Waals surface area contributed by atoms with Crippen molar-refractivity contribution in [1.82, 2.24) is 9.55 Å². The molecule has 0 amide bonds.